The molecule has 0 aliphatic heterocycles. The van der Waals surface area contributed by atoms with Crippen molar-refractivity contribution < 1.29 is 5.11 Å². The van der Waals surface area contributed by atoms with Gasteiger partial charge in [0.15, 0.2) is 0 Å². The van der Waals surface area contributed by atoms with Gasteiger partial charge in [-0.2, -0.15) is 0 Å². The first kappa shape index (κ1) is 20.0. The van der Waals surface area contributed by atoms with Crippen molar-refractivity contribution in [3.8, 4) is 0 Å². The fourth-order valence-electron chi connectivity index (χ4n) is 8.31. The number of aliphatic hydroxyl groups excluding tert-OH is 1. The van der Waals surface area contributed by atoms with Crippen LogP contribution < -0.4 is 0 Å². The summed E-state index contributed by atoms with van der Waals surface area (Å²) in [5, 5.41) is 11.1. The molecule has 1 nitrogen and oxygen atoms in total. The van der Waals surface area contributed by atoms with Crippen LogP contribution in [0, 0.1) is 40.4 Å². The SMILES string of the molecule is CC(C)CCC[C@H](O)C1CCC2C3CC=C4CCCC[C@]4(C)C3CC[C@@]21C. The van der Waals surface area contributed by atoms with Crippen LogP contribution in [0.2, 0.25) is 0 Å². The number of allylic oxidation sites excluding steroid dienone is 2. The van der Waals surface area contributed by atoms with Crippen molar-refractivity contribution in [2.24, 2.45) is 40.4 Å². The molecule has 0 heterocycles. The molecule has 0 aromatic rings. The average molecular weight is 373 g/mol. The fourth-order valence-corrected chi connectivity index (χ4v) is 8.31. The van der Waals surface area contributed by atoms with Crippen molar-refractivity contribution in [1.29, 1.82) is 0 Å². The first-order valence-corrected chi connectivity index (χ1v) is 12.2. The molecule has 4 aliphatic carbocycles. The monoisotopic (exact) mass is 372 g/mol. The third kappa shape index (κ3) is 3.34. The van der Waals surface area contributed by atoms with Crippen LogP contribution in [-0.4, -0.2) is 11.2 Å². The second-order valence-electron chi connectivity index (χ2n) is 11.6. The van der Waals surface area contributed by atoms with Crippen LogP contribution in [0.1, 0.15) is 105 Å². The van der Waals surface area contributed by atoms with Crippen LogP contribution >= 0.6 is 0 Å². The van der Waals surface area contributed by atoms with Crippen molar-refractivity contribution in [3.05, 3.63) is 11.6 Å². The lowest BCUT2D eigenvalue weighted by Crippen LogP contribution is -2.50. The van der Waals surface area contributed by atoms with E-state index >= 15 is 0 Å². The summed E-state index contributed by atoms with van der Waals surface area (Å²) in [4.78, 5) is 0. The maximum absolute atomic E-state index is 11.1. The molecule has 0 aromatic carbocycles. The Balaban J connectivity index is 1.49. The van der Waals surface area contributed by atoms with Crippen molar-refractivity contribution in [2.75, 3.05) is 0 Å². The molecule has 154 valence electrons. The van der Waals surface area contributed by atoms with Gasteiger partial charge in [0.2, 0.25) is 0 Å². The van der Waals surface area contributed by atoms with Gasteiger partial charge in [0.05, 0.1) is 6.10 Å². The van der Waals surface area contributed by atoms with Crippen molar-refractivity contribution in [3.63, 3.8) is 0 Å². The van der Waals surface area contributed by atoms with Crippen LogP contribution in [0.4, 0.5) is 0 Å². The molecule has 4 aliphatic rings. The summed E-state index contributed by atoms with van der Waals surface area (Å²) >= 11 is 0. The molecule has 1 N–H and O–H groups in total. The molecule has 7 atom stereocenters. The van der Waals surface area contributed by atoms with Crippen molar-refractivity contribution >= 4 is 0 Å². The summed E-state index contributed by atoms with van der Waals surface area (Å²) in [7, 11) is 0. The minimum absolute atomic E-state index is 0.0599. The number of rotatable bonds is 5. The molecule has 1 heteroatoms. The molecule has 0 amide bonds. The van der Waals surface area contributed by atoms with E-state index in [1.54, 1.807) is 0 Å². The van der Waals surface area contributed by atoms with E-state index < -0.39 is 0 Å². The number of aliphatic hydroxyl groups is 1. The van der Waals surface area contributed by atoms with E-state index in [4.69, 9.17) is 0 Å². The predicted molar refractivity (Wildman–Crippen MR) is 115 cm³/mol. The zero-order chi connectivity index (χ0) is 19.2. The largest absolute Gasteiger partial charge is 0.393 e. The molecule has 4 rings (SSSR count). The molecular formula is C26H44O. The molecule has 3 saturated carbocycles. The fraction of sp³-hybridized carbons (Fsp3) is 0.923. The summed E-state index contributed by atoms with van der Waals surface area (Å²) in [5.41, 5.74) is 2.73. The first-order valence-electron chi connectivity index (χ1n) is 12.2. The van der Waals surface area contributed by atoms with Crippen molar-refractivity contribution in [2.45, 2.75) is 111 Å². The standard InChI is InChI=1S/C26H44O/c1-18(2)8-7-10-24(27)23-14-13-21-20-12-11-19-9-5-6-16-25(19,3)22(20)15-17-26(21,23)4/h11,18,20-24,27H,5-10,12-17H2,1-4H3/t20?,21?,22?,23?,24-,25-,26-/m0/s1. The molecule has 0 aromatic heterocycles. The van der Waals surface area contributed by atoms with Gasteiger partial charge >= 0.3 is 0 Å². The Morgan fingerprint density at radius 2 is 1.85 bits per heavy atom. The van der Waals surface area contributed by atoms with E-state index in [1.807, 2.05) is 5.57 Å². The minimum Gasteiger partial charge on any atom is -0.393 e. The van der Waals surface area contributed by atoms with Gasteiger partial charge in [0.1, 0.15) is 0 Å². The Morgan fingerprint density at radius 3 is 2.63 bits per heavy atom. The predicted octanol–water partition coefficient (Wildman–Crippen LogP) is 7.14. The molecule has 0 spiro atoms. The van der Waals surface area contributed by atoms with E-state index in [1.165, 1.54) is 70.6 Å². The van der Waals surface area contributed by atoms with Crippen LogP contribution in [0.3, 0.4) is 0 Å². The minimum atomic E-state index is -0.0599. The van der Waals surface area contributed by atoms with Gasteiger partial charge in [-0.25, -0.2) is 0 Å². The van der Waals surface area contributed by atoms with Crippen LogP contribution in [0.5, 0.6) is 0 Å². The van der Waals surface area contributed by atoms with Gasteiger partial charge in [0, 0.05) is 0 Å². The summed E-state index contributed by atoms with van der Waals surface area (Å²) in [6.07, 6.45) is 18.6. The lowest BCUT2D eigenvalue weighted by Gasteiger charge is -2.58. The van der Waals surface area contributed by atoms with E-state index in [9.17, 15) is 5.11 Å². The Kier molecular flexibility index (Phi) is 5.56. The number of fused-ring (bicyclic) bond motifs is 5. The highest BCUT2D eigenvalue weighted by Crippen LogP contribution is 2.66. The number of hydrogen-bond donors (Lipinski definition) is 1. The molecule has 4 unspecified atom stereocenters. The lowest BCUT2D eigenvalue weighted by atomic mass is 9.47. The molecule has 0 bridgehead atoms. The van der Waals surface area contributed by atoms with E-state index in [0.29, 0.717) is 16.7 Å². The van der Waals surface area contributed by atoms with Gasteiger partial charge in [-0.05, 0) is 98.2 Å². The average Bonchev–Trinajstić information content (AvgIpc) is 2.98. The van der Waals surface area contributed by atoms with Gasteiger partial charge in [0.25, 0.3) is 0 Å². The van der Waals surface area contributed by atoms with Crippen LogP contribution in [0.15, 0.2) is 11.6 Å². The summed E-state index contributed by atoms with van der Waals surface area (Å²) in [6.45, 7) is 9.79. The third-order valence-corrected chi connectivity index (χ3v) is 9.84. The maximum Gasteiger partial charge on any atom is 0.0573 e. The normalized spacial score (nSPS) is 45.0. The molecule has 3 fully saturated rings. The highest BCUT2D eigenvalue weighted by Gasteiger charge is 2.59. The Hall–Kier alpha value is -0.300. The quantitative estimate of drug-likeness (QED) is 0.508. The second kappa shape index (κ2) is 7.51. The Labute approximate surface area is 168 Å². The third-order valence-electron chi connectivity index (χ3n) is 9.84. The lowest BCUT2D eigenvalue weighted by molar-refractivity contribution is -0.0668. The van der Waals surface area contributed by atoms with Gasteiger partial charge in [-0.3, -0.25) is 0 Å². The summed E-state index contributed by atoms with van der Waals surface area (Å²) in [6, 6.07) is 0. The van der Waals surface area contributed by atoms with E-state index in [2.05, 4.69) is 33.8 Å². The summed E-state index contributed by atoms with van der Waals surface area (Å²) < 4.78 is 0. The zero-order valence-corrected chi connectivity index (χ0v) is 18.5. The Morgan fingerprint density at radius 1 is 1.04 bits per heavy atom. The maximum atomic E-state index is 11.1. The molecular weight excluding hydrogens is 328 g/mol. The van der Waals surface area contributed by atoms with Gasteiger partial charge in [-0.15, -0.1) is 0 Å². The van der Waals surface area contributed by atoms with Gasteiger partial charge in [-0.1, -0.05) is 58.6 Å². The Bertz CT molecular complexity index is 563. The van der Waals surface area contributed by atoms with E-state index in [-0.39, 0.29) is 6.10 Å². The van der Waals surface area contributed by atoms with Gasteiger partial charge < -0.3 is 5.11 Å². The molecule has 27 heavy (non-hydrogen) atoms. The summed E-state index contributed by atoms with van der Waals surface area (Å²) in [5.74, 6) is 3.99. The highest BCUT2D eigenvalue weighted by molar-refractivity contribution is 5.24. The smallest absolute Gasteiger partial charge is 0.0573 e. The van der Waals surface area contributed by atoms with Crippen molar-refractivity contribution in [1.82, 2.24) is 0 Å². The first-order chi connectivity index (χ1) is 12.9. The van der Waals surface area contributed by atoms with Crippen LogP contribution in [0.25, 0.3) is 0 Å². The van der Waals surface area contributed by atoms with E-state index in [0.717, 1.165) is 30.1 Å². The molecule has 0 saturated heterocycles. The molecule has 0 radical (unpaired) electrons. The highest BCUT2D eigenvalue weighted by atomic mass is 16.3. The number of hydrogen-bond acceptors (Lipinski definition) is 1. The second-order valence-corrected chi connectivity index (χ2v) is 11.6. The zero-order valence-electron chi connectivity index (χ0n) is 18.5. The van der Waals surface area contributed by atoms with Crippen LogP contribution in [-0.2, 0) is 0 Å². The topological polar surface area (TPSA) is 20.2 Å².